The zero-order valence-corrected chi connectivity index (χ0v) is 11.0. The molecule has 19 heavy (non-hydrogen) atoms. The normalized spacial score (nSPS) is 11.7. The van der Waals surface area contributed by atoms with E-state index in [9.17, 15) is 14.7 Å². The maximum Gasteiger partial charge on any atom is 0.332 e. The molecule has 0 radical (unpaired) electrons. The molecule has 0 aliphatic carbocycles. The van der Waals surface area contributed by atoms with Crippen molar-refractivity contribution in [3.05, 3.63) is 29.8 Å². The Morgan fingerprint density at radius 2 is 2.00 bits per heavy atom. The van der Waals surface area contributed by atoms with E-state index in [4.69, 9.17) is 4.74 Å². The number of aliphatic imine (C=N–C) groups is 1. The number of benzene rings is 1. The van der Waals surface area contributed by atoms with Gasteiger partial charge in [0.2, 0.25) is 6.08 Å². The number of rotatable bonds is 6. The van der Waals surface area contributed by atoms with Gasteiger partial charge < -0.3 is 9.84 Å². The highest BCUT2D eigenvalue weighted by atomic mass is 16.5. The van der Waals surface area contributed by atoms with Crippen molar-refractivity contribution in [3.63, 3.8) is 0 Å². The van der Waals surface area contributed by atoms with E-state index in [1.165, 1.54) is 18.2 Å². The van der Waals surface area contributed by atoms with Crippen LogP contribution in [0.2, 0.25) is 0 Å². The van der Waals surface area contributed by atoms with Crippen molar-refractivity contribution in [2.45, 2.75) is 26.3 Å². The molecular weight excluding hydrogens is 246 g/mol. The molecule has 1 aromatic rings. The molecule has 0 saturated heterocycles. The number of isocyanates is 1. The fourth-order valence-electron chi connectivity index (χ4n) is 1.45. The van der Waals surface area contributed by atoms with Gasteiger partial charge in [-0.25, -0.2) is 9.59 Å². The summed E-state index contributed by atoms with van der Waals surface area (Å²) in [5.41, 5.74) is 0.781. The van der Waals surface area contributed by atoms with Crippen molar-refractivity contribution in [1.29, 1.82) is 0 Å². The summed E-state index contributed by atoms with van der Waals surface area (Å²) in [6, 6.07) is 5.46. The van der Waals surface area contributed by atoms with Crippen molar-refractivity contribution in [3.8, 4) is 5.75 Å². The van der Waals surface area contributed by atoms with Gasteiger partial charge in [0.15, 0.2) is 6.04 Å². The summed E-state index contributed by atoms with van der Waals surface area (Å²) >= 11 is 0. The summed E-state index contributed by atoms with van der Waals surface area (Å²) in [5, 5.41) is 9.17. The predicted octanol–water partition coefficient (Wildman–Crippen LogP) is 1.84. The Labute approximate surface area is 111 Å². The SMILES string of the molecule is CC(C)COC(=O)C(Cc1ccc(O)cc1)N=C=O. The number of carbonyl (C=O) groups excluding carboxylic acids is 2. The summed E-state index contributed by atoms with van der Waals surface area (Å²) < 4.78 is 5.05. The summed E-state index contributed by atoms with van der Waals surface area (Å²) in [6.45, 7) is 4.13. The summed E-state index contributed by atoms with van der Waals surface area (Å²) in [4.78, 5) is 25.6. The van der Waals surface area contributed by atoms with Gasteiger partial charge in [-0.3, -0.25) is 0 Å². The van der Waals surface area contributed by atoms with E-state index in [-0.39, 0.29) is 18.1 Å². The molecule has 0 heterocycles. The van der Waals surface area contributed by atoms with Gasteiger partial charge in [0.1, 0.15) is 5.75 Å². The maximum atomic E-state index is 11.8. The fourth-order valence-corrected chi connectivity index (χ4v) is 1.45. The lowest BCUT2D eigenvalue weighted by molar-refractivity contribution is -0.146. The van der Waals surface area contributed by atoms with Crippen LogP contribution in [0, 0.1) is 5.92 Å². The van der Waals surface area contributed by atoms with Crippen LogP contribution in [-0.2, 0) is 20.7 Å². The molecule has 5 heteroatoms. The Morgan fingerprint density at radius 1 is 1.37 bits per heavy atom. The Hall–Kier alpha value is -2.13. The second kappa shape index (κ2) is 7.34. The average Bonchev–Trinajstić information content (AvgIpc) is 2.38. The Bertz CT molecular complexity index is 461. The number of aromatic hydroxyl groups is 1. The number of ether oxygens (including phenoxy) is 1. The predicted molar refractivity (Wildman–Crippen MR) is 69.5 cm³/mol. The number of hydrogen-bond donors (Lipinski definition) is 1. The van der Waals surface area contributed by atoms with Crippen molar-refractivity contribution in [1.82, 2.24) is 0 Å². The smallest absolute Gasteiger partial charge is 0.332 e. The van der Waals surface area contributed by atoms with E-state index in [2.05, 4.69) is 4.99 Å². The quantitative estimate of drug-likeness (QED) is 0.482. The van der Waals surface area contributed by atoms with Crippen molar-refractivity contribution >= 4 is 12.0 Å². The first-order chi connectivity index (χ1) is 9.02. The first-order valence-corrected chi connectivity index (χ1v) is 6.04. The first-order valence-electron chi connectivity index (χ1n) is 6.04. The summed E-state index contributed by atoms with van der Waals surface area (Å²) in [5.74, 6) is -0.176. The Balaban J connectivity index is 2.69. The van der Waals surface area contributed by atoms with E-state index in [1.54, 1.807) is 12.1 Å². The van der Waals surface area contributed by atoms with Crippen molar-refractivity contribution < 1.29 is 19.4 Å². The van der Waals surface area contributed by atoms with Crippen LogP contribution < -0.4 is 0 Å². The zero-order valence-electron chi connectivity index (χ0n) is 11.0. The van der Waals surface area contributed by atoms with Gasteiger partial charge in [-0.05, 0) is 23.6 Å². The third kappa shape index (κ3) is 5.36. The van der Waals surface area contributed by atoms with Crippen LogP contribution in [0.1, 0.15) is 19.4 Å². The largest absolute Gasteiger partial charge is 0.508 e. The Kier molecular flexibility index (Phi) is 5.76. The molecule has 0 amide bonds. The van der Waals surface area contributed by atoms with Gasteiger partial charge in [-0.2, -0.15) is 4.99 Å². The number of carbonyl (C=O) groups is 1. The molecule has 0 bridgehead atoms. The zero-order chi connectivity index (χ0) is 14.3. The lowest BCUT2D eigenvalue weighted by Crippen LogP contribution is -2.25. The third-order valence-electron chi connectivity index (χ3n) is 2.40. The second-order valence-electron chi connectivity index (χ2n) is 4.63. The number of esters is 1. The van der Waals surface area contributed by atoms with Crippen LogP contribution in [0.15, 0.2) is 29.3 Å². The van der Waals surface area contributed by atoms with Crippen LogP contribution in [0.25, 0.3) is 0 Å². The molecule has 0 fully saturated rings. The highest BCUT2D eigenvalue weighted by molar-refractivity contribution is 5.77. The molecule has 0 aromatic heterocycles. The molecule has 0 saturated carbocycles. The summed E-state index contributed by atoms with van der Waals surface area (Å²) in [7, 11) is 0. The monoisotopic (exact) mass is 263 g/mol. The Morgan fingerprint density at radius 3 is 2.53 bits per heavy atom. The molecule has 0 aliphatic rings. The van der Waals surface area contributed by atoms with Gasteiger partial charge in [-0.15, -0.1) is 0 Å². The van der Waals surface area contributed by atoms with E-state index in [0.29, 0.717) is 6.61 Å². The molecule has 1 unspecified atom stereocenters. The van der Waals surface area contributed by atoms with Gasteiger partial charge in [0.25, 0.3) is 0 Å². The van der Waals surface area contributed by atoms with Gasteiger partial charge in [0, 0.05) is 6.42 Å². The van der Waals surface area contributed by atoms with Crippen LogP contribution in [0.4, 0.5) is 0 Å². The molecule has 5 nitrogen and oxygen atoms in total. The molecule has 102 valence electrons. The van der Waals surface area contributed by atoms with E-state index in [0.717, 1.165) is 5.56 Å². The average molecular weight is 263 g/mol. The van der Waals surface area contributed by atoms with Crippen molar-refractivity contribution in [2.24, 2.45) is 10.9 Å². The van der Waals surface area contributed by atoms with E-state index in [1.807, 2.05) is 13.8 Å². The number of hydrogen-bond acceptors (Lipinski definition) is 5. The van der Waals surface area contributed by atoms with E-state index < -0.39 is 12.0 Å². The van der Waals surface area contributed by atoms with Gasteiger partial charge in [0.05, 0.1) is 6.61 Å². The van der Waals surface area contributed by atoms with Crippen LogP contribution in [0.5, 0.6) is 5.75 Å². The molecule has 1 atom stereocenters. The number of nitrogens with zero attached hydrogens (tertiary/aromatic N) is 1. The lowest BCUT2D eigenvalue weighted by atomic mass is 10.1. The lowest BCUT2D eigenvalue weighted by Gasteiger charge is -2.12. The molecule has 1 N–H and O–H groups in total. The van der Waals surface area contributed by atoms with Crippen LogP contribution >= 0.6 is 0 Å². The highest BCUT2D eigenvalue weighted by Crippen LogP contribution is 2.13. The summed E-state index contributed by atoms with van der Waals surface area (Å²) in [6.07, 6.45) is 1.64. The van der Waals surface area contributed by atoms with Crippen LogP contribution in [-0.4, -0.2) is 29.8 Å². The minimum Gasteiger partial charge on any atom is -0.508 e. The standard InChI is InChI=1S/C14H17NO4/c1-10(2)8-19-14(18)13(15-9-16)7-11-3-5-12(17)6-4-11/h3-6,10,13,17H,7-8H2,1-2H3. The minimum atomic E-state index is -0.888. The van der Waals surface area contributed by atoms with Crippen molar-refractivity contribution in [2.75, 3.05) is 6.61 Å². The van der Waals surface area contributed by atoms with Gasteiger partial charge in [-0.1, -0.05) is 26.0 Å². The molecule has 1 rings (SSSR count). The highest BCUT2D eigenvalue weighted by Gasteiger charge is 2.20. The number of phenols is 1. The molecule has 0 spiro atoms. The van der Waals surface area contributed by atoms with Gasteiger partial charge >= 0.3 is 5.97 Å². The van der Waals surface area contributed by atoms with E-state index >= 15 is 0 Å². The second-order valence-corrected chi connectivity index (χ2v) is 4.63. The minimum absolute atomic E-state index is 0.140. The maximum absolute atomic E-state index is 11.8. The first kappa shape index (κ1) is 14.9. The van der Waals surface area contributed by atoms with Crippen LogP contribution in [0.3, 0.4) is 0 Å². The molecule has 1 aromatic carbocycles. The topological polar surface area (TPSA) is 76.0 Å². The number of phenolic OH excluding ortho intramolecular Hbond substituents is 1. The fraction of sp³-hybridized carbons (Fsp3) is 0.429. The third-order valence-corrected chi connectivity index (χ3v) is 2.40. The molecule has 0 aliphatic heterocycles. The molecular formula is C14H17NO4.